The summed E-state index contributed by atoms with van der Waals surface area (Å²) in [5, 5.41) is 9.88. The molecule has 2 atom stereocenters. The number of nitrogens with zero attached hydrogens (tertiary/aromatic N) is 1. The van der Waals surface area contributed by atoms with Gasteiger partial charge in [0.05, 0.1) is 0 Å². The number of aliphatic hydroxyl groups excluding tert-OH is 1. The van der Waals surface area contributed by atoms with E-state index >= 15 is 0 Å². The fourth-order valence-corrected chi connectivity index (χ4v) is 2.45. The molecule has 0 bridgehead atoms. The van der Waals surface area contributed by atoms with Crippen LogP contribution in [0.3, 0.4) is 0 Å². The van der Waals surface area contributed by atoms with Crippen LogP contribution in [-0.4, -0.2) is 36.4 Å². The molecule has 0 spiro atoms. The molecule has 0 aliphatic rings. The van der Waals surface area contributed by atoms with Crippen LogP contribution < -0.4 is 4.74 Å². The van der Waals surface area contributed by atoms with Gasteiger partial charge in [-0.1, -0.05) is 18.2 Å². The van der Waals surface area contributed by atoms with Gasteiger partial charge in [-0.25, -0.2) is 0 Å². The van der Waals surface area contributed by atoms with Crippen LogP contribution in [0.15, 0.2) is 59.6 Å². The summed E-state index contributed by atoms with van der Waals surface area (Å²) in [5.74, 6) is 0.840. The van der Waals surface area contributed by atoms with Crippen molar-refractivity contribution in [2.45, 2.75) is 25.2 Å². The first kappa shape index (κ1) is 18.4. The van der Waals surface area contributed by atoms with Gasteiger partial charge in [0.2, 0.25) is 0 Å². The van der Waals surface area contributed by atoms with Crippen LogP contribution in [0.4, 0.5) is 0 Å². The Kier molecular flexibility index (Phi) is 7.66. The molecule has 0 aliphatic heterocycles. The maximum absolute atomic E-state index is 10.4. The number of ether oxygens (including phenoxy) is 1. The van der Waals surface area contributed by atoms with E-state index in [9.17, 15) is 9.81 Å². The summed E-state index contributed by atoms with van der Waals surface area (Å²) in [6.07, 6.45) is 0.853. The fourth-order valence-electron chi connectivity index (χ4n) is 2.24. The molecule has 0 aromatic heterocycles. The second kappa shape index (κ2) is 10.0. The molecular weight excluding hydrogens is 324 g/mol. The summed E-state index contributed by atoms with van der Waals surface area (Å²) >= 11 is 5.68. The third-order valence-electron chi connectivity index (χ3n) is 3.56. The zero-order valence-corrected chi connectivity index (χ0v) is 14.0. The van der Waals surface area contributed by atoms with Crippen molar-refractivity contribution in [1.82, 2.24) is 0 Å². The van der Waals surface area contributed by atoms with Crippen molar-refractivity contribution in [3.8, 4) is 5.75 Å². The van der Waals surface area contributed by atoms with Crippen molar-refractivity contribution in [2.75, 3.05) is 5.88 Å². The normalized spacial score (nSPS) is 13.4. The van der Waals surface area contributed by atoms with Crippen molar-refractivity contribution in [3.05, 3.63) is 65.7 Å². The number of rotatable bonds is 9. The van der Waals surface area contributed by atoms with E-state index in [2.05, 4.69) is 4.99 Å². The zero-order chi connectivity index (χ0) is 17.2. The second-order valence-corrected chi connectivity index (χ2v) is 5.65. The molecule has 124 valence electrons. The Balaban J connectivity index is 1.95. The molecule has 2 rings (SSSR count). The van der Waals surface area contributed by atoms with Gasteiger partial charge in [-0.2, -0.15) is 0 Å². The molecule has 4 nitrogen and oxygen atoms in total. The van der Waals surface area contributed by atoms with Gasteiger partial charge in [0.1, 0.15) is 0 Å². The average molecular weight is 344 g/mol. The predicted molar refractivity (Wildman–Crippen MR) is 96.4 cm³/mol. The Morgan fingerprint density at radius 2 is 1.83 bits per heavy atom. The third kappa shape index (κ3) is 5.91. The number of hydrogen-bond acceptors (Lipinski definition) is 4. The monoisotopic (exact) mass is 343 g/mol. The Morgan fingerprint density at radius 1 is 1.12 bits per heavy atom. The summed E-state index contributed by atoms with van der Waals surface area (Å²) in [5.41, 5.74) is 2.09. The van der Waals surface area contributed by atoms with Crippen LogP contribution in [-0.2, 0) is 17.7 Å². The number of alkyl halides is 1. The van der Waals surface area contributed by atoms with E-state index in [0.29, 0.717) is 20.2 Å². The van der Waals surface area contributed by atoms with Crippen LogP contribution in [0.1, 0.15) is 11.1 Å². The Bertz CT molecular complexity index is 649. The van der Waals surface area contributed by atoms with Crippen LogP contribution in [0, 0.1) is 0 Å². The van der Waals surface area contributed by atoms with E-state index in [0.717, 1.165) is 23.0 Å². The topological polar surface area (TPSA) is 58.9 Å². The molecule has 0 heterocycles. The van der Waals surface area contributed by atoms with Crippen molar-refractivity contribution in [2.24, 2.45) is 4.99 Å². The molecule has 0 aliphatic carbocycles. The summed E-state index contributed by atoms with van der Waals surface area (Å²) in [6, 6.07) is 17.1. The van der Waals surface area contributed by atoms with Crippen LogP contribution in [0.25, 0.3) is 0 Å². The number of hydrogen-bond donors (Lipinski definition) is 1. The summed E-state index contributed by atoms with van der Waals surface area (Å²) in [7, 11) is 0.592. The molecule has 0 radical (unpaired) electrons. The first-order chi connectivity index (χ1) is 11.7. The zero-order valence-electron chi connectivity index (χ0n) is 13.2. The molecule has 2 aromatic rings. The second-order valence-electron chi connectivity index (χ2n) is 5.35. The predicted octanol–water partition coefficient (Wildman–Crippen LogP) is 2.85. The molecule has 2 aromatic carbocycles. The van der Waals surface area contributed by atoms with Gasteiger partial charge in [-0.3, -0.25) is 0 Å². The Hall–Kier alpha value is -1.98. The molecular formula is C18H19BClNO3. The van der Waals surface area contributed by atoms with E-state index in [1.54, 1.807) is 0 Å². The molecule has 0 amide bonds. The number of aliphatic imine (C=N–C) groups is 1. The fraction of sp³-hybridized carbons (Fsp3) is 0.278. The van der Waals surface area contributed by atoms with Crippen LogP contribution >= 0.6 is 11.6 Å². The summed E-state index contributed by atoms with van der Waals surface area (Å²) in [4.78, 5) is 4.05. The molecule has 1 N–H and O–H groups in total. The standard InChI is InChI=1S/C18H19BClNO3/c20-11-18(22)17(21-13-19-23)10-14-6-8-16(9-7-14)24-12-15-4-2-1-3-5-15/h1-9,13,17-18,22H,10-12H2/b21-13-/t17-,18+/m0/s1. The minimum atomic E-state index is -0.795. The quantitative estimate of drug-likeness (QED) is 0.433. The molecule has 0 unspecified atom stereocenters. The van der Waals surface area contributed by atoms with Gasteiger partial charge in [-0.05, 0) is 0 Å². The maximum atomic E-state index is 10.4. The van der Waals surface area contributed by atoms with Crippen LogP contribution in [0.5, 0.6) is 5.75 Å². The Labute approximate surface area is 147 Å². The van der Waals surface area contributed by atoms with Crippen molar-refractivity contribution < 1.29 is 14.5 Å². The van der Waals surface area contributed by atoms with Crippen LogP contribution in [0.2, 0.25) is 0 Å². The van der Waals surface area contributed by atoms with Crippen molar-refractivity contribution in [3.63, 3.8) is 0 Å². The molecule has 24 heavy (non-hydrogen) atoms. The first-order valence-electron chi connectivity index (χ1n) is 7.69. The minimum absolute atomic E-state index is 0.0686. The van der Waals surface area contributed by atoms with Gasteiger partial charge >= 0.3 is 129 Å². The van der Waals surface area contributed by atoms with Crippen molar-refractivity contribution in [1.29, 1.82) is 0 Å². The van der Waals surface area contributed by atoms with Gasteiger partial charge in [0.15, 0.2) is 0 Å². The number of benzene rings is 2. The molecule has 6 heteroatoms. The van der Waals surface area contributed by atoms with E-state index in [1.807, 2.05) is 54.6 Å². The average Bonchev–Trinajstić information content (AvgIpc) is 2.64. The van der Waals surface area contributed by atoms with E-state index in [-0.39, 0.29) is 5.88 Å². The SMILES string of the molecule is O=B/C=N\[C@@H](Cc1ccc(OCc2ccccc2)cc1)[C@H](O)CCl. The van der Waals surface area contributed by atoms with E-state index < -0.39 is 12.1 Å². The van der Waals surface area contributed by atoms with E-state index in [1.165, 1.54) is 0 Å². The number of halogens is 1. The molecule has 0 saturated carbocycles. The Morgan fingerprint density at radius 3 is 2.46 bits per heavy atom. The summed E-state index contributed by atoms with van der Waals surface area (Å²) in [6.45, 7) is 0.511. The van der Waals surface area contributed by atoms with Gasteiger partial charge in [0, 0.05) is 0 Å². The first-order valence-corrected chi connectivity index (χ1v) is 8.23. The van der Waals surface area contributed by atoms with Gasteiger partial charge in [-0.15, -0.1) is 0 Å². The summed E-state index contributed by atoms with van der Waals surface area (Å²) < 4.78 is 16.2. The van der Waals surface area contributed by atoms with Crippen molar-refractivity contribution >= 4 is 24.9 Å². The molecule has 0 saturated heterocycles. The van der Waals surface area contributed by atoms with E-state index in [4.69, 9.17) is 16.3 Å². The number of aliphatic hydroxyl groups is 1. The molecule has 0 fully saturated rings. The van der Waals surface area contributed by atoms with Gasteiger partial charge in [0.25, 0.3) is 0 Å². The third-order valence-corrected chi connectivity index (χ3v) is 3.87. The van der Waals surface area contributed by atoms with Gasteiger partial charge < -0.3 is 0 Å².